The van der Waals surface area contributed by atoms with Gasteiger partial charge in [0.05, 0.1) is 25.8 Å². The third kappa shape index (κ3) is 5.22. The van der Waals surface area contributed by atoms with Crippen molar-refractivity contribution in [3.05, 3.63) is 47.7 Å². The molecule has 0 spiro atoms. The first kappa shape index (κ1) is 20.9. The van der Waals surface area contributed by atoms with Crippen molar-refractivity contribution in [1.82, 2.24) is 14.8 Å². The summed E-state index contributed by atoms with van der Waals surface area (Å²) in [6.07, 6.45) is 9.49. The molecule has 0 unspecified atom stereocenters. The molecule has 2 aromatic rings. The predicted molar refractivity (Wildman–Crippen MR) is 116 cm³/mol. The van der Waals surface area contributed by atoms with Crippen LogP contribution in [-0.4, -0.2) is 60.5 Å². The van der Waals surface area contributed by atoms with E-state index in [1.165, 1.54) is 25.7 Å². The average molecular weight is 412 g/mol. The van der Waals surface area contributed by atoms with Gasteiger partial charge in [-0.25, -0.2) is 4.98 Å². The fraction of sp³-hybridized carbons (Fsp3) is 0.583. The molecule has 1 amide bonds. The zero-order valence-corrected chi connectivity index (χ0v) is 18.0. The average Bonchev–Trinajstić information content (AvgIpc) is 3.09. The highest BCUT2D eigenvalue weighted by molar-refractivity contribution is 5.78. The van der Waals surface area contributed by atoms with Gasteiger partial charge < -0.3 is 14.1 Å². The maximum absolute atomic E-state index is 12.9. The van der Waals surface area contributed by atoms with Gasteiger partial charge in [0.15, 0.2) is 5.89 Å². The van der Waals surface area contributed by atoms with Crippen LogP contribution in [0.2, 0.25) is 0 Å². The van der Waals surface area contributed by atoms with Crippen molar-refractivity contribution in [2.75, 3.05) is 39.8 Å². The second-order valence-electron chi connectivity index (χ2n) is 8.52. The molecule has 6 heteroatoms. The van der Waals surface area contributed by atoms with Crippen LogP contribution in [0.5, 0.6) is 5.75 Å². The van der Waals surface area contributed by atoms with Gasteiger partial charge >= 0.3 is 0 Å². The third-order valence-electron chi connectivity index (χ3n) is 6.31. The topological polar surface area (TPSA) is 58.8 Å². The smallest absolute Gasteiger partial charge is 0.236 e. The number of benzene rings is 1. The van der Waals surface area contributed by atoms with Gasteiger partial charge in [-0.05, 0) is 44.8 Å². The summed E-state index contributed by atoms with van der Waals surface area (Å²) in [7, 11) is 1.68. The first-order valence-corrected chi connectivity index (χ1v) is 11.3. The molecule has 1 atom stereocenters. The lowest BCUT2D eigenvalue weighted by atomic mass is 9.98. The molecule has 0 saturated carbocycles. The van der Waals surface area contributed by atoms with Gasteiger partial charge in [-0.15, -0.1) is 0 Å². The van der Waals surface area contributed by atoms with Crippen molar-refractivity contribution in [2.24, 2.45) is 0 Å². The molecule has 1 aromatic heterocycles. The lowest BCUT2D eigenvalue weighted by molar-refractivity contribution is -0.133. The van der Waals surface area contributed by atoms with Crippen molar-refractivity contribution in [1.29, 1.82) is 0 Å². The molecule has 1 aromatic carbocycles. The summed E-state index contributed by atoms with van der Waals surface area (Å²) in [4.78, 5) is 21.8. The van der Waals surface area contributed by atoms with E-state index >= 15 is 0 Å². The number of nitrogens with zero attached hydrogens (tertiary/aromatic N) is 3. The van der Waals surface area contributed by atoms with E-state index in [4.69, 9.17) is 9.15 Å². The number of rotatable bonds is 6. The van der Waals surface area contributed by atoms with Gasteiger partial charge in [0.1, 0.15) is 11.5 Å². The van der Waals surface area contributed by atoms with Crippen LogP contribution >= 0.6 is 0 Å². The van der Waals surface area contributed by atoms with Crippen LogP contribution in [0.15, 0.2) is 34.9 Å². The van der Waals surface area contributed by atoms with Gasteiger partial charge in [0.25, 0.3) is 0 Å². The number of piperidine rings is 1. The molecule has 3 heterocycles. The maximum Gasteiger partial charge on any atom is 0.236 e. The Morgan fingerprint density at radius 2 is 1.93 bits per heavy atom. The predicted octanol–water partition coefficient (Wildman–Crippen LogP) is 3.86. The maximum atomic E-state index is 12.9. The second kappa shape index (κ2) is 10.1. The molecule has 0 aliphatic carbocycles. The number of oxazole rings is 1. The fourth-order valence-corrected chi connectivity index (χ4v) is 4.62. The standard InChI is InChI=1S/C24H33N3O3/c1-29-22-11-5-4-9-19(22)15-21-16-25-24(30-21)20-10-8-14-27(17-20)23(28)18-26-12-6-2-3-7-13-26/h4-5,9,11,16,20H,2-3,6-8,10,12-15,17-18H2,1H3/t20-/m0/s1. The lowest BCUT2D eigenvalue weighted by Gasteiger charge is -2.33. The normalized spacial score (nSPS) is 20.7. The minimum absolute atomic E-state index is 0.179. The minimum atomic E-state index is 0.179. The van der Waals surface area contributed by atoms with Crippen molar-refractivity contribution in [3.8, 4) is 5.75 Å². The number of amides is 1. The van der Waals surface area contributed by atoms with E-state index in [9.17, 15) is 4.79 Å². The summed E-state index contributed by atoms with van der Waals surface area (Å²) >= 11 is 0. The molecule has 6 nitrogen and oxygen atoms in total. The second-order valence-corrected chi connectivity index (χ2v) is 8.52. The van der Waals surface area contributed by atoms with Crippen LogP contribution in [0.4, 0.5) is 0 Å². The van der Waals surface area contributed by atoms with Crippen LogP contribution in [0, 0.1) is 0 Å². The lowest BCUT2D eigenvalue weighted by Crippen LogP contribution is -2.44. The van der Waals surface area contributed by atoms with Crippen LogP contribution in [0.25, 0.3) is 0 Å². The van der Waals surface area contributed by atoms with E-state index in [1.54, 1.807) is 7.11 Å². The summed E-state index contributed by atoms with van der Waals surface area (Å²) in [5.74, 6) is 2.88. The Bertz CT molecular complexity index is 827. The highest BCUT2D eigenvalue weighted by Gasteiger charge is 2.28. The van der Waals surface area contributed by atoms with Crippen LogP contribution in [0.3, 0.4) is 0 Å². The van der Waals surface area contributed by atoms with Crippen molar-refractivity contribution >= 4 is 5.91 Å². The number of carbonyl (C=O) groups excluding carboxylic acids is 1. The summed E-state index contributed by atoms with van der Waals surface area (Å²) in [5, 5.41) is 0. The number of aromatic nitrogens is 1. The molecular formula is C24H33N3O3. The van der Waals surface area contributed by atoms with Gasteiger partial charge in [0.2, 0.25) is 5.91 Å². The van der Waals surface area contributed by atoms with E-state index in [0.29, 0.717) is 19.5 Å². The summed E-state index contributed by atoms with van der Waals surface area (Å²) in [6.45, 7) is 4.21. The SMILES string of the molecule is COc1ccccc1Cc1cnc([C@H]2CCCN(C(=O)CN3CCCCCC3)C2)o1. The molecule has 4 rings (SSSR count). The molecule has 2 aliphatic heterocycles. The Balaban J connectivity index is 1.36. The zero-order chi connectivity index (χ0) is 20.8. The van der Waals surface area contributed by atoms with E-state index in [0.717, 1.165) is 55.4 Å². The number of methoxy groups -OCH3 is 1. The number of para-hydroxylation sites is 1. The molecule has 0 radical (unpaired) electrons. The molecule has 30 heavy (non-hydrogen) atoms. The van der Waals surface area contributed by atoms with Crippen molar-refractivity contribution in [2.45, 2.75) is 50.9 Å². The summed E-state index contributed by atoms with van der Waals surface area (Å²) < 4.78 is 11.5. The number of hydrogen-bond donors (Lipinski definition) is 0. The van der Waals surface area contributed by atoms with Crippen molar-refractivity contribution < 1.29 is 13.9 Å². The van der Waals surface area contributed by atoms with Crippen LogP contribution in [-0.2, 0) is 11.2 Å². The first-order valence-electron chi connectivity index (χ1n) is 11.3. The molecule has 0 bridgehead atoms. The highest BCUT2D eigenvalue weighted by Crippen LogP contribution is 2.28. The van der Waals surface area contributed by atoms with Crippen molar-refractivity contribution in [3.63, 3.8) is 0 Å². The Hall–Kier alpha value is -2.34. The van der Waals surface area contributed by atoms with E-state index in [-0.39, 0.29) is 11.8 Å². The Kier molecular flexibility index (Phi) is 7.05. The molecule has 2 fully saturated rings. The number of likely N-dealkylation sites (tertiary alicyclic amines) is 2. The Morgan fingerprint density at radius 3 is 2.73 bits per heavy atom. The van der Waals surface area contributed by atoms with Gasteiger partial charge in [-0.1, -0.05) is 31.0 Å². The largest absolute Gasteiger partial charge is 0.496 e. The van der Waals surface area contributed by atoms with E-state index < -0.39 is 0 Å². The van der Waals surface area contributed by atoms with E-state index in [2.05, 4.69) is 9.88 Å². The van der Waals surface area contributed by atoms with Crippen LogP contribution in [0.1, 0.15) is 61.7 Å². The number of ether oxygens (including phenoxy) is 1. The minimum Gasteiger partial charge on any atom is -0.496 e. The fourth-order valence-electron chi connectivity index (χ4n) is 4.62. The number of carbonyl (C=O) groups is 1. The van der Waals surface area contributed by atoms with Gasteiger partial charge in [0, 0.05) is 25.1 Å². The van der Waals surface area contributed by atoms with Gasteiger partial charge in [-0.3, -0.25) is 9.69 Å². The summed E-state index contributed by atoms with van der Waals surface area (Å²) in [6, 6.07) is 7.98. The van der Waals surface area contributed by atoms with Gasteiger partial charge in [-0.2, -0.15) is 0 Å². The molecule has 2 saturated heterocycles. The third-order valence-corrected chi connectivity index (χ3v) is 6.31. The Morgan fingerprint density at radius 1 is 1.13 bits per heavy atom. The first-order chi connectivity index (χ1) is 14.7. The van der Waals surface area contributed by atoms with E-state index in [1.807, 2.05) is 35.4 Å². The highest BCUT2D eigenvalue weighted by atomic mass is 16.5. The summed E-state index contributed by atoms with van der Waals surface area (Å²) in [5.41, 5.74) is 1.08. The zero-order valence-electron chi connectivity index (χ0n) is 18.0. The molecule has 2 aliphatic rings. The Labute approximate surface area is 179 Å². The molecule has 0 N–H and O–H groups in total. The molecule has 162 valence electrons. The monoisotopic (exact) mass is 411 g/mol. The quantitative estimate of drug-likeness (QED) is 0.723. The molecular weight excluding hydrogens is 378 g/mol. The number of hydrogen-bond acceptors (Lipinski definition) is 5. The van der Waals surface area contributed by atoms with Crippen LogP contribution < -0.4 is 4.74 Å².